The van der Waals surface area contributed by atoms with Gasteiger partial charge in [-0.2, -0.15) is 0 Å². The van der Waals surface area contributed by atoms with Gasteiger partial charge in [-0.3, -0.25) is 4.90 Å². The van der Waals surface area contributed by atoms with Crippen LogP contribution in [-0.4, -0.2) is 44.1 Å². The summed E-state index contributed by atoms with van der Waals surface area (Å²) >= 11 is 6.25. The Hall–Kier alpha value is -1.55. The Balaban J connectivity index is 2.08. The van der Waals surface area contributed by atoms with Gasteiger partial charge in [0.15, 0.2) is 0 Å². The van der Waals surface area contributed by atoms with Crippen LogP contribution < -0.4 is 4.74 Å². The van der Waals surface area contributed by atoms with Gasteiger partial charge in [-0.15, -0.1) is 0 Å². The van der Waals surface area contributed by atoms with Crippen LogP contribution in [0.2, 0.25) is 5.02 Å². The summed E-state index contributed by atoms with van der Waals surface area (Å²) in [5.41, 5.74) is 2.52. The van der Waals surface area contributed by atoms with E-state index in [0.29, 0.717) is 5.02 Å². The van der Waals surface area contributed by atoms with Crippen molar-refractivity contribution in [3.63, 3.8) is 0 Å². The second-order valence-electron chi connectivity index (χ2n) is 5.97. The highest BCUT2D eigenvalue weighted by Gasteiger charge is 2.09. The fraction of sp³-hybridized carbons (Fsp3) is 0.368. The highest BCUT2D eigenvalue weighted by molar-refractivity contribution is 6.32. The molecule has 0 fully saturated rings. The third-order valence-electron chi connectivity index (χ3n) is 3.73. The Bertz CT molecular complexity index is 602. The maximum absolute atomic E-state index is 6.25. The second-order valence-corrected chi connectivity index (χ2v) is 6.38. The zero-order valence-corrected chi connectivity index (χ0v) is 14.9. The molecule has 0 aliphatic heterocycles. The first kappa shape index (κ1) is 17.8. The second kappa shape index (κ2) is 8.92. The maximum atomic E-state index is 6.25. The molecule has 124 valence electrons. The number of ether oxygens (including phenoxy) is 1. The van der Waals surface area contributed by atoms with E-state index in [0.717, 1.165) is 31.9 Å². The molecule has 0 aliphatic carbocycles. The minimum Gasteiger partial charge on any atom is -0.495 e. The zero-order chi connectivity index (χ0) is 16.7. The van der Waals surface area contributed by atoms with Crippen molar-refractivity contribution in [3.05, 3.63) is 64.7 Å². The molecule has 0 unspecified atom stereocenters. The number of hydrogen-bond donors (Lipinski definition) is 0. The smallest absolute Gasteiger partial charge is 0.137 e. The van der Waals surface area contributed by atoms with Crippen LogP contribution in [0.5, 0.6) is 5.75 Å². The van der Waals surface area contributed by atoms with Crippen LogP contribution in [0, 0.1) is 0 Å². The molecule has 0 heterocycles. The van der Waals surface area contributed by atoms with Gasteiger partial charge in [0, 0.05) is 26.2 Å². The third-order valence-corrected chi connectivity index (χ3v) is 4.03. The summed E-state index contributed by atoms with van der Waals surface area (Å²) in [6, 6.07) is 16.6. The zero-order valence-electron chi connectivity index (χ0n) is 14.1. The van der Waals surface area contributed by atoms with Crippen LogP contribution in [0.1, 0.15) is 11.1 Å². The Kier molecular flexibility index (Phi) is 6.90. The highest BCUT2D eigenvalue weighted by atomic mass is 35.5. The largest absolute Gasteiger partial charge is 0.495 e. The van der Waals surface area contributed by atoms with Gasteiger partial charge in [-0.05, 0) is 37.4 Å². The monoisotopic (exact) mass is 332 g/mol. The normalized spacial score (nSPS) is 11.2. The van der Waals surface area contributed by atoms with Crippen LogP contribution >= 0.6 is 11.6 Å². The van der Waals surface area contributed by atoms with E-state index in [9.17, 15) is 0 Å². The molecule has 2 aromatic rings. The summed E-state index contributed by atoms with van der Waals surface area (Å²) in [5.74, 6) is 0.721. The van der Waals surface area contributed by atoms with Crippen molar-refractivity contribution in [1.82, 2.24) is 9.80 Å². The molecule has 0 radical (unpaired) electrons. The summed E-state index contributed by atoms with van der Waals surface area (Å²) in [7, 11) is 5.84. The average Bonchev–Trinajstić information content (AvgIpc) is 2.54. The quantitative estimate of drug-likeness (QED) is 0.729. The molecule has 0 spiro atoms. The molecule has 0 saturated heterocycles. The van der Waals surface area contributed by atoms with Crippen molar-refractivity contribution in [2.75, 3.05) is 34.3 Å². The Morgan fingerprint density at radius 2 is 1.61 bits per heavy atom. The number of benzene rings is 2. The number of nitrogens with zero attached hydrogens (tertiary/aromatic N) is 2. The van der Waals surface area contributed by atoms with Crippen molar-refractivity contribution in [1.29, 1.82) is 0 Å². The van der Waals surface area contributed by atoms with Gasteiger partial charge in [0.2, 0.25) is 0 Å². The third kappa shape index (κ3) is 5.87. The van der Waals surface area contributed by atoms with Crippen LogP contribution in [0.3, 0.4) is 0 Å². The predicted octanol–water partition coefficient (Wildman–Crippen LogP) is 3.91. The molecule has 2 rings (SSSR count). The van der Waals surface area contributed by atoms with Gasteiger partial charge in [0.05, 0.1) is 12.1 Å². The predicted molar refractivity (Wildman–Crippen MR) is 97.1 cm³/mol. The molecule has 0 bridgehead atoms. The SMILES string of the molecule is COc1ccc(CN(CCN(C)C)Cc2ccccc2)cc1Cl. The lowest BCUT2D eigenvalue weighted by molar-refractivity contribution is 0.226. The maximum Gasteiger partial charge on any atom is 0.137 e. The van der Waals surface area contributed by atoms with Gasteiger partial charge < -0.3 is 9.64 Å². The van der Waals surface area contributed by atoms with E-state index in [-0.39, 0.29) is 0 Å². The molecule has 0 amide bonds. The summed E-state index contributed by atoms with van der Waals surface area (Å²) in [6.45, 7) is 3.83. The lowest BCUT2D eigenvalue weighted by Gasteiger charge is -2.24. The van der Waals surface area contributed by atoms with Gasteiger partial charge in [0.25, 0.3) is 0 Å². The van der Waals surface area contributed by atoms with E-state index in [1.165, 1.54) is 11.1 Å². The molecule has 0 aliphatic rings. The lowest BCUT2D eigenvalue weighted by atomic mass is 10.1. The highest BCUT2D eigenvalue weighted by Crippen LogP contribution is 2.25. The Labute approximate surface area is 144 Å². The van der Waals surface area contributed by atoms with E-state index < -0.39 is 0 Å². The molecule has 3 nitrogen and oxygen atoms in total. The Morgan fingerprint density at radius 3 is 2.22 bits per heavy atom. The summed E-state index contributed by atoms with van der Waals surface area (Å²) < 4.78 is 5.23. The van der Waals surface area contributed by atoms with Crippen molar-refractivity contribution >= 4 is 11.6 Å². The van der Waals surface area contributed by atoms with Gasteiger partial charge in [-0.1, -0.05) is 48.0 Å². The van der Waals surface area contributed by atoms with E-state index in [1.54, 1.807) is 7.11 Å². The Morgan fingerprint density at radius 1 is 0.913 bits per heavy atom. The topological polar surface area (TPSA) is 15.7 Å². The number of likely N-dealkylation sites (N-methyl/N-ethyl adjacent to an activating group) is 1. The fourth-order valence-corrected chi connectivity index (χ4v) is 2.74. The fourth-order valence-electron chi connectivity index (χ4n) is 2.46. The summed E-state index contributed by atoms with van der Waals surface area (Å²) in [4.78, 5) is 4.65. The molecule has 4 heteroatoms. The first-order valence-electron chi connectivity index (χ1n) is 7.82. The molecule has 2 aromatic carbocycles. The van der Waals surface area contributed by atoms with E-state index in [2.05, 4.69) is 60.3 Å². The average molecular weight is 333 g/mol. The molecule has 0 aromatic heterocycles. The molecule has 0 N–H and O–H groups in total. The van der Waals surface area contributed by atoms with Crippen LogP contribution in [0.15, 0.2) is 48.5 Å². The standard InChI is InChI=1S/C19H25ClN2O/c1-21(2)11-12-22(14-16-7-5-4-6-8-16)15-17-9-10-19(23-3)18(20)13-17/h4-10,13H,11-12,14-15H2,1-3H3. The lowest BCUT2D eigenvalue weighted by Crippen LogP contribution is -2.31. The van der Waals surface area contributed by atoms with E-state index in [1.807, 2.05) is 12.1 Å². The summed E-state index contributed by atoms with van der Waals surface area (Å²) in [6.07, 6.45) is 0. The number of halogens is 1. The van der Waals surface area contributed by atoms with Crippen molar-refractivity contribution < 1.29 is 4.74 Å². The van der Waals surface area contributed by atoms with E-state index >= 15 is 0 Å². The first-order chi connectivity index (χ1) is 11.1. The summed E-state index contributed by atoms with van der Waals surface area (Å²) in [5, 5.41) is 0.664. The van der Waals surface area contributed by atoms with Gasteiger partial charge in [0.1, 0.15) is 5.75 Å². The van der Waals surface area contributed by atoms with Gasteiger partial charge >= 0.3 is 0 Å². The van der Waals surface area contributed by atoms with Crippen LogP contribution in [-0.2, 0) is 13.1 Å². The van der Waals surface area contributed by atoms with Crippen LogP contribution in [0.25, 0.3) is 0 Å². The number of rotatable bonds is 8. The molecule has 0 atom stereocenters. The molecule has 0 saturated carbocycles. The minimum absolute atomic E-state index is 0.664. The minimum atomic E-state index is 0.664. The van der Waals surface area contributed by atoms with E-state index in [4.69, 9.17) is 16.3 Å². The molecule has 23 heavy (non-hydrogen) atoms. The van der Waals surface area contributed by atoms with Crippen molar-refractivity contribution in [2.24, 2.45) is 0 Å². The van der Waals surface area contributed by atoms with Gasteiger partial charge in [-0.25, -0.2) is 0 Å². The first-order valence-corrected chi connectivity index (χ1v) is 8.19. The molecular weight excluding hydrogens is 308 g/mol. The van der Waals surface area contributed by atoms with Crippen molar-refractivity contribution in [2.45, 2.75) is 13.1 Å². The van der Waals surface area contributed by atoms with Crippen LogP contribution in [0.4, 0.5) is 0 Å². The van der Waals surface area contributed by atoms with Crippen molar-refractivity contribution in [3.8, 4) is 5.75 Å². The molecular formula is C19H25ClN2O. The number of hydrogen-bond acceptors (Lipinski definition) is 3. The number of methoxy groups -OCH3 is 1.